The van der Waals surface area contributed by atoms with Crippen LogP contribution in [0.4, 0.5) is 11.4 Å². The van der Waals surface area contributed by atoms with Crippen LogP contribution in [0, 0.1) is 0 Å². The zero-order valence-electron chi connectivity index (χ0n) is 10.9. The molecule has 7 heteroatoms. The van der Waals surface area contributed by atoms with E-state index < -0.39 is 10.2 Å². The van der Waals surface area contributed by atoms with E-state index in [1.165, 1.54) is 11.4 Å². The molecule has 0 saturated carbocycles. The Bertz CT molecular complexity index is 539. The second-order valence-corrected chi connectivity index (χ2v) is 6.20. The lowest BCUT2D eigenvalue weighted by Crippen LogP contribution is -2.39. The highest BCUT2D eigenvalue weighted by Crippen LogP contribution is 2.28. The zero-order valence-corrected chi connectivity index (χ0v) is 11.7. The van der Waals surface area contributed by atoms with E-state index in [9.17, 15) is 8.42 Å². The van der Waals surface area contributed by atoms with Crippen molar-refractivity contribution >= 4 is 21.6 Å². The smallest absolute Gasteiger partial charge is 0.301 e. The monoisotopic (exact) mass is 285 g/mol. The van der Waals surface area contributed by atoms with E-state index in [0.29, 0.717) is 30.2 Å². The van der Waals surface area contributed by atoms with Gasteiger partial charge in [-0.15, -0.1) is 0 Å². The van der Waals surface area contributed by atoms with Crippen molar-refractivity contribution < 1.29 is 13.2 Å². The van der Waals surface area contributed by atoms with Crippen LogP contribution in [0.25, 0.3) is 0 Å². The SMILES string of the molecule is COc1ccc(N)cc1NS(=O)(=O)N1CCCCC1. The van der Waals surface area contributed by atoms with Gasteiger partial charge in [-0.3, -0.25) is 4.72 Å². The average Bonchev–Trinajstić information content (AvgIpc) is 2.39. The minimum atomic E-state index is -3.54. The third-order valence-electron chi connectivity index (χ3n) is 3.12. The number of nitrogens with zero attached hydrogens (tertiary/aromatic N) is 1. The molecule has 0 atom stereocenters. The number of hydrogen-bond donors (Lipinski definition) is 2. The standard InChI is InChI=1S/C12H19N3O3S/c1-18-12-6-5-10(13)9-11(12)14-19(16,17)15-7-3-2-4-8-15/h5-6,9,14H,2-4,7-8,13H2,1H3. The van der Waals surface area contributed by atoms with Crippen molar-refractivity contribution in [2.75, 3.05) is 30.7 Å². The Balaban J connectivity index is 2.21. The van der Waals surface area contributed by atoms with Gasteiger partial charge in [0, 0.05) is 18.8 Å². The fraction of sp³-hybridized carbons (Fsp3) is 0.500. The number of nitrogens with one attached hydrogen (secondary N) is 1. The van der Waals surface area contributed by atoms with Crippen LogP contribution in [0.5, 0.6) is 5.75 Å². The third kappa shape index (κ3) is 3.30. The van der Waals surface area contributed by atoms with Gasteiger partial charge in [-0.1, -0.05) is 6.42 Å². The van der Waals surface area contributed by atoms with Gasteiger partial charge in [-0.05, 0) is 31.0 Å². The number of rotatable bonds is 4. The molecule has 0 radical (unpaired) electrons. The highest BCUT2D eigenvalue weighted by molar-refractivity contribution is 7.90. The Morgan fingerprint density at radius 2 is 1.95 bits per heavy atom. The molecule has 0 aliphatic carbocycles. The Morgan fingerprint density at radius 3 is 2.58 bits per heavy atom. The van der Waals surface area contributed by atoms with Gasteiger partial charge in [0.25, 0.3) is 0 Å². The van der Waals surface area contributed by atoms with E-state index >= 15 is 0 Å². The molecule has 106 valence electrons. The van der Waals surface area contributed by atoms with E-state index in [1.54, 1.807) is 18.2 Å². The highest BCUT2D eigenvalue weighted by Gasteiger charge is 2.24. The number of methoxy groups -OCH3 is 1. The Labute approximate surface area is 113 Å². The molecule has 2 rings (SSSR count). The fourth-order valence-electron chi connectivity index (χ4n) is 2.11. The molecule has 1 fully saturated rings. The second kappa shape index (κ2) is 5.66. The Morgan fingerprint density at radius 1 is 1.26 bits per heavy atom. The summed E-state index contributed by atoms with van der Waals surface area (Å²) in [6, 6.07) is 4.86. The Hall–Kier alpha value is -1.47. The molecule has 1 aliphatic heterocycles. The molecule has 1 saturated heterocycles. The van der Waals surface area contributed by atoms with Crippen LogP contribution in [0.2, 0.25) is 0 Å². The van der Waals surface area contributed by atoms with Crippen LogP contribution >= 0.6 is 0 Å². The molecule has 1 heterocycles. The van der Waals surface area contributed by atoms with E-state index in [-0.39, 0.29) is 0 Å². The largest absolute Gasteiger partial charge is 0.495 e. The molecule has 1 aromatic carbocycles. The van der Waals surface area contributed by atoms with Crippen LogP contribution in [0.15, 0.2) is 18.2 Å². The maximum atomic E-state index is 12.3. The van der Waals surface area contributed by atoms with Crippen LogP contribution < -0.4 is 15.2 Å². The molecule has 0 aromatic heterocycles. The summed E-state index contributed by atoms with van der Waals surface area (Å²) in [6.45, 7) is 1.11. The van der Waals surface area contributed by atoms with Gasteiger partial charge in [0.15, 0.2) is 0 Å². The summed E-state index contributed by atoms with van der Waals surface area (Å²) in [5.41, 5.74) is 6.53. The van der Waals surface area contributed by atoms with E-state index in [2.05, 4.69) is 4.72 Å². The van der Waals surface area contributed by atoms with Crippen molar-refractivity contribution in [3.8, 4) is 5.75 Å². The second-order valence-electron chi connectivity index (χ2n) is 4.53. The van der Waals surface area contributed by atoms with Gasteiger partial charge in [0.2, 0.25) is 0 Å². The number of nitrogen functional groups attached to an aromatic ring is 1. The maximum absolute atomic E-state index is 12.3. The molecule has 1 aliphatic rings. The van der Waals surface area contributed by atoms with E-state index in [0.717, 1.165) is 19.3 Å². The summed E-state index contributed by atoms with van der Waals surface area (Å²) in [5, 5.41) is 0. The lowest BCUT2D eigenvalue weighted by molar-refractivity contribution is 0.348. The number of piperidine rings is 1. The van der Waals surface area contributed by atoms with Crippen molar-refractivity contribution in [1.29, 1.82) is 0 Å². The minimum Gasteiger partial charge on any atom is -0.495 e. The zero-order chi connectivity index (χ0) is 13.9. The average molecular weight is 285 g/mol. The minimum absolute atomic E-state index is 0.369. The van der Waals surface area contributed by atoms with Crippen molar-refractivity contribution in [2.24, 2.45) is 0 Å². The molecular weight excluding hydrogens is 266 g/mol. The van der Waals surface area contributed by atoms with Crippen molar-refractivity contribution in [2.45, 2.75) is 19.3 Å². The summed E-state index contributed by atoms with van der Waals surface area (Å²) in [6.07, 6.45) is 2.87. The van der Waals surface area contributed by atoms with E-state index in [4.69, 9.17) is 10.5 Å². The number of benzene rings is 1. The first kappa shape index (κ1) is 14.0. The van der Waals surface area contributed by atoms with Crippen LogP contribution in [-0.2, 0) is 10.2 Å². The fourth-order valence-corrected chi connectivity index (χ4v) is 3.42. The van der Waals surface area contributed by atoms with Crippen molar-refractivity contribution in [3.63, 3.8) is 0 Å². The van der Waals surface area contributed by atoms with Gasteiger partial charge in [-0.25, -0.2) is 0 Å². The highest BCUT2D eigenvalue weighted by atomic mass is 32.2. The van der Waals surface area contributed by atoms with Gasteiger partial charge >= 0.3 is 10.2 Å². The van der Waals surface area contributed by atoms with E-state index in [1.807, 2.05) is 0 Å². The number of ether oxygens (including phenoxy) is 1. The van der Waals surface area contributed by atoms with Crippen LogP contribution in [-0.4, -0.2) is 32.9 Å². The molecule has 0 amide bonds. The van der Waals surface area contributed by atoms with Crippen LogP contribution in [0.3, 0.4) is 0 Å². The molecule has 0 bridgehead atoms. The molecule has 1 aromatic rings. The summed E-state index contributed by atoms with van der Waals surface area (Å²) in [5.74, 6) is 0.454. The normalized spacial score (nSPS) is 17.1. The van der Waals surface area contributed by atoms with Gasteiger partial charge in [0.05, 0.1) is 12.8 Å². The first-order chi connectivity index (χ1) is 9.03. The first-order valence-corrected chi connectivity index (χ1v) is 7.68. The summed E-state index contributed by atoms with van der Waals surface area (Å²) in [7, 11) is -2.05. The topological polar surface area (TPSA) is 84.7 Å². The quantitative estimate of drug-likeness (QED) is 0.819. The molecule has 6 nitrogen and oxygen atoms in total. The first-order valence-electron chi connectivity index (χ1n) is 6.24. The lowest BCUT2D eigenvalue weighted by Gasteiger charge is -2.26. The predicted octanol–water partition coefficient (Wildman–Crippen LogP) is 1.42. The predicted molar refractivity (Wildman–Crippen MR) is 75.4 cm³/mol. The number of nitrogens with two attached hydrogens (primary N) is 1. The van der Waals surface area contributed by atoms with Crippen molar-refractivity contribution in [1.82, 2.24) is 4.31 Å². The molecule has 0 unspecified atom stereocenters. The Kier molecular flexibility index (Phi) is 4.16. The van der Waals surface area contributed by atoms with Crippen molar-refractivity contribution in [3.05, 3.63) is 18.2 Å². The van der Waals surface area contributed by atoms with Gasteiger partial charge < -0.3 is 10.5 Å². The molecule has 0 spiro atoms. The number of hydrogen-bond acceptors (Lipinski definition) is 4. The van der Waals surface area contributed by atoms with Gasteiger partial charge in [-0.2, -0.15) is 12.7 Å². The summed E-state index contributed by atoms with van der Waals surface area (Å²) in [4.78, 5) is 0. The molecule has 3 N–H and O–H groups in total. The molecule has 19 heavy (non-hydrogen) atoms. The van der Waals surface area contributed by atoms with Crippen LogP contribution in [0.1, 0.15) is 19.3 Å². The van der Waals surface area contributed by atoms with Gasteiger partial charge in [0.1, 0.15) is 5.75 Å². The summed E-state index contributed by atoms with van der Waals surface area (Å²) >= 11 is 0. The lowest BCUT2D eigenvalue weighted by atomic mass is 10.2. The maximum Gasteiger partial charge on any atom is 0.301 e. The molecular formula is C12H19N3O3S. The third-order valence-corrected chi connectivity index (χ3v) is 4.64. The number of anilines is 2. The summed E-state index contributed by atoms with van der Waals surface area (Å²) < 4.78 is 33.6.